The fourth-order valence-electron chi connectivity index (χ4n) is 1.90. The van der Waals surface area contributed by atoms with E-state index in [9.17, 15) is 4.79 Å². The molecule has 1 rings (SSSR count). The molecule has 0 N–H and O–H groups in total. The number of ether oxygens (including phenoxy) is 1. The van der Waals surface area contributed by atoms with E-state index in [1.165, 1.54) is 44.9 Å². The van der Waals surface area contributed by atoms with Crippen molar-refractivity contribution in [1.29, 1.82) is 0 Å². The normalized spacial score (nSPS) is 19.8. The Bertz CT molecular complexity index is 213. The van der Waals surface area contributed by atoms with Crippen molar-refractivity contribution in [2.75, 3.05) is 0 Å². The summed E-state index contributed by atoms with van der Waals surface area (Å²) in [5.74, 6) is -0.0469. The third kappa shape index (κ3) is 5.94. The lowest BCUT2D eigenvalue weighted by Crippen LogP contribution is -2.31. The molecule has 2 heteroatoms. The molecule has 0 saturated carbocycles. The monoisotopic (exact) mass is 224 g/mol. The number of allylic oxidation sites excluding steroid dienone is 1. The molecule has 1 fully saturated rings. The first kappa shape index (κ1) is 13.3. The van der Waals surface area contributed by atoms with Crippen LogP contribution in [0.1, 0.15) is 64.7 Å². The van der Waals surface area contributed by atoms with Crippen molar-refractivity contribution in [1.82, 2.24) is 0 Å². The molecule has 0 radical (unpaired) electrons. The molecule has 1 heterocycles. The number of carbonyl (C=O) groups excluding carboxylic acids is 1. The van der Waals surface area contributed by atoms with Crippen LogP contribution in [0.25, 0.3) is 0 Å². The van der Waals surface area contributed by atoms with E-state index in [1.54, 1.807) is 0 Å². The summed E-state index contributed by atoms with van der Waals surface area (Å²) in [5, 5.41) is 0. The minimum atomic E-state index is -0.0469. The van der Waals surface area contributed by atoms with Gasteiger partial charge in [0, 0.05) is 6.42 Å². The molecule has 0 aliphatic carbocycles. The average molecular weight is 224 g/mol. The molecule has 0 spiro atoms. The number of cyclic esters (lactones) is 1. The zero-order chi connectivity index (χ0) is 11.6. The van der Waals surface area contributed by atoms with Crippen LogP contribution < -0.4 is 0 Å². The van der Waals surface area contributed by atoms with E-state index in [4.69, 9.17) is 4.74 Å². The number of hydrogen-bond acceptors (Lipinski definition) is 2. The summed E-state index contributed by atoms with van der Waals surface area (Å²) in [6, 6.07) is 0. The van der Waals surface area contributed by atoms with E-state index in [1.807, 2.05) is 0 Å². The van der Waals surface area contributed by atoms with Gasteiger partial charge in [0.2, 0.25) is 0 Å². The second kappa shape index (κ2) is 8.37. The van der Waals surface area contributed by atoms with Crippen LogP contribution in [0.4, 0.5) is 0 Å². The Balaban J connectivity index is 1.80. The van der Waals surface area contributed by atoms with Crippen LogP contribution in [0.3, 0.4) is 0 Å². The number of unbranched alkanes of at least 4 members (excludes halogenated alkanes) is 6. The lowest BCUT2D eigenvalue weighted by Gasteiger charge is -2.23. The molecule has 0 bridgehead atoms. The van der Waals surface area contributed by atoms with E-state index >= 15 is 0 Å². The van der Waals surface area contributed by atoms with Crippen LogP contribution in [0.2, 0.25) is 0 Å². The van der Waals surface area contributed by atoms with E-state index in [0.717, 1.165) is 6.42 Å². The molecular formula is C14H24O2. The standard InChI is InChI=1S/C14H24O2/c1-2-3-4-5-6-7-8-9-10-11-13-12-14(15)16-13/h9-10,13H,2-8,11-12H2,1H3. The molecular weight excluding hydrogens is 200 g/mol. The smallest absolute Gasteiger partial charge is 0.309 e. The van der Waals surface area contributed by atoms with Gasteiger partial charge in [-0.1, -0.05) is 51.2 Å². The van der Waals surface area contributed by atoms with Crippen LogP contribution in [-0.4, -0.2) is 12.1 Å². The SMILES string of the molecule is CCCCCCCCC=CCC1CC(=O)O1. The lowest BCUT2D eigenvalue weighted by atomic mass is 10.1. The molecule has 0 aromatic rings. The first-order valence-electron chi connectivity index (χ1n) is 6.67. The number of carbonyl (C=O) groups is 1. The van der Waals surface area contributed by atoms with Gasteiger partial charge in [-0.05, 0) is 12.8 Å². The van der Waals surface area contributed by atoms with Gasteiger partial charge in [0.05, 0.1) is 6.42 Å². The van der Waals surface area contributed by atoms with Gasteiger partial charge in [0.1, 0.15) is 6.10 Å². The van der Waals surface area contributed by atoms with E-state index in [0.29, 0.717) is 6.42 Å². The van der Waals surface area contributed by atoms with Crippen LogP contribution >= 0.6 is 0 Å². The summed E-state index contributed by atoms with van der Waals surface area (Å²) in [4.78, 5) is 10.5. The second-order valence-corrected chi connectivity index (χ2v) is 4.58. The van der Waals surface area contributed by atoms with Gasteiger partial charge in [-0.15, -0.1) is 0 Å². The minimum Gasteiger partial charge on any atom is -0.461 e. The summed E-state index contributed by atoms with van der Waals surface area (Å²) in [7, 11) is 0. The highest BCUT2D eigenvalue weighted by molar-refractivity contribution is 5.75. The Morgan fingerprint density at radius 1 is 1.19 bits per heavy atom. The number of rotatable bonds is 9. The van der Waals surface area contributed by atoms with Crippen LogP contribution in [0, 0.1) is 0 Å². The van der Waals surface area contributed by atoms with Crippen LogP contribution in [-0.2, 0) is 9.53 Å². The molecule has 1 atom stereocenters. The Kier molecular flexibility index (Phi) is 6.95. The van der Waals surface area contributed by atoms with Gasteiger partial charge in [0.25, 0.3) is 0 Å². The summed E-state index contributed by atoms with van der Waals surface area (Å²) < 4.78 is 4.92. The molecule has 0 amide bonds. The highest BCUT2D eigenvalue weighted by atomic mass is 16.6. The Hall–Kier alpha value is -0.790. The van der Waals surface area contributed by atoms with Crippen molar-refractivity contribution in [3.05, 3.63) is 12.2 Å². The highest BCUT2D eigenvalue weighted by Crippen LogP contribution is 2.17. The molecule has 1 aliphatic heterocycles. The first-order chi connectivity index (χ1) is 7.83. The molecule has 92 valence electrons. The van der Waals surface area contributed by atoms with Gasteiger partial charge >= 0.3 is 5.97 Å². The number of hydrogen-bond donors (Lipinski definition) is 0. The van der Waals surface area contributed by atoms with Crippen molar-refractivity contribution in [2.24, 2.45) is 0 Å². The van der Waals surface area contributed by atoms with Crippen molar-refractivity contribution in [2.45, 2.75) is 70.8 Å². The lowest BCUT2D eigenvalue weighted by molar-refractivity contribution is -0.168. The molecule has 1 unspecified atom stereocenters. The minimum absolute atomic E-state index is 0.0469. The van der Waals surface area contributed by atoms with Crippen molar-refractivity contribution >= 4 is 5.97 Å². The van der Waals surface area contributed by atoms with Crippen molar-refractivity contribution in [3.63, 3.8) is 0 Å². The third-order valence-electron chi connectivity index (χ3n) is 2.98. The zero-order valence-corrected chi connectivity index (χ0v) is 10.4. The Morgan fingerprint density at radius 2 is 1.88 bits per heavy atom. The summed E-state index contributed by atoms with van der Waals surface area (Å²) in [5.41, 5.74) is 0. The quantitative estimate of drug-likeness (QED) is 0.336. The number of esters is 1. The molecule has 1 aliphatic rings. The largest absolute Gasteiger partial charge is 0.461 e. The van der Waals surface area contributed by atoms with Crippen molar-refractivity contribution in [3.8, 4) is 0 Å². The third-order valence-corrected chi connectivity index (χ3v) is 2.98. The second-order valence-electron chi connectivity index (χ2n) is 4.58. The van der Waals surface area contributed by atoms with Gasteiger partial charge in [-0.25, -0.2) is 0 Å². The van der Waals surface area contributed by atoms with Gasteiger partial charge in [-0.2, -0.15) is 0 Å². The van der Waals surface area contributed by atoms with Gasteiger partial charge in [0.15, 0.2) is 0 Å². The first-order valence-corrected chi connectivity index (χ1v) is 6.67. The van der Waals surface area contributed by atoms with Crippen molar-refractivity contribution < 1.29 is 9.53 Å². The average Bonchev–Trinajstić information content (AvgIpc) is 2.24. The zero-order valence-electron chi connectivity index (χ0n) is 10.4. The van der Waals surface area contributed by atoms with Crippen LogP contribution in [0.15, 0.2) is 12.2 Å². The summed E-state index contributed by atoms with van der Waals surface area (Å²) in [6.07, 6.45) is 15.4. The topological polar surface area (TPSA) is 26.3 Å². The van der Waals surface area contributed by atoms with E-state index in [-0.39, 0.29) is 12.1 Å². The summed E-state index contributed by atoms with van der Waals surface area (Å²) in [6.45, 7) is 2.25. The van der Waals surface area contributed by atoms with Gasteiger partial charge in [-0.3, -0.25) is 4.79 Å². The predicted molar refractivity (Wildman–Crippen MR) is 66.2 cm³/mol. The maximum Gasteiger partial charge on any atom is 0.309 e. The Morgan fingerprint density at radius 3 is 2.56 bits per heavy atom. The van der Waals surface area contributed by atoms with Crippen LogP contribution in [0.5, 0.6) is 0 Å². The molecule has 16 heavy (non-hydrogen) atoms. The Labute approximate surface area is 99.1 Å². The molecule has 0 aromatic carbocycles. The highest BCUT2D eigenvalue weighted by Gasteiger charge is 2.26. The maximum absolute atomic E-state index is 10.5. The maximum atomic E-state index is 10.5. The molecule has 0 aromatic heterocycles. The van der Waals surface area contributed by atoms with E-state index < -0.39 is 0 Å². The van der Waals surface area contributed by atoms with E-state index in [2.05, 4.69) is 19.1 Å². The fourth-order valence-corrected chi connectivity index (χ4v) is 1.90. The predicted octanol–water partition coefficient (Wildman–Crippen LogP) is 4.00. The van der Waals surface area contributed by atoms with Gasteiger partial charge < -0.3 is 4.74 Å². The molecule has 2 nitrogen and oxygen atoms in total. The molecule has 1 saturated heterocycles. The summed E-state index contributed by atoms with van der Waals surface area (Å²) >= 11 is 0. The fraction of sp³-hybridized carbons (Fsp3) is 0.786.